The van der Waals surface area contributed by atoms with Crippen LogP contribution in [0.5, 0.6) is 5.75 Å². The van der Waals surface area contributed by atoms with Crippen molar-refractivity contribution in [3.63, 3.8) is 0 Å². The first kappa shape index (κ1) is 12.8. The second-order valence-electron chi connectivity index (χ2n) is 4.78. The number of rotatable bonds is 5. The van der Waals surface area contributed by atoms with E-state index in [0.717, 1.165) is 31.7 Å². The number of hydrogen-bond donors (Lipinski definition) is 0. The normalized spacial score (nSPS) is 15.9. The molecule has 0 aliphatic heterocycles. The molecule has 1 aromatic rings. The Hall–Kier alpha value is -1.62. The number of methoxy groups -OCH3 is 1. The third kappa shape index (κ3) is 2.06. The van der Waals surface area contributed by atoms with Gasteiger partial charge in [0.1, 0.15) is 5.75 Å². The van der Waals surface area contributed by atoms with Crippen LogP contribution in [0.4, 0.5) is 5.69 Å². The van der Waals surface area contributed by atoms with Crippen LogP contribution in [-0.2, 0) is 5.41 Å². The van der Waals surface area contributed by atoms with Gasteiger partial charge in [0.2, 0.25) is 0 Å². The molecule has 1 fully saturated rings. The van der Waals surface area contributed by atoms with Crippen molar-refractivity contribution in [2.45, 2.75) is 32.1 Å². The van der Waals surface area contributed by atoms with Gasteiger partial charge < -0.3 is 9.64 Å². The second kappa shape index (κ2) is 4.94. The number of ether oxygens (including phenoxy) is 1. The zero-order valence-corrected chi connectivity index (χ0v) is 11.5. The second-order valence-corrected chi connectivity index (χ2v) is 4.78. The van der Waals surface area contributed by atoms with Gasteiger partial charge in [0.15, 0.2) is 0 Å². The van der Waals surface area contributed by atoms with Crippen molar-refractivity contribution in [1.82, 2.24) is 0 Å². The van der Waals surface area contributed by atoms with Crippen LogP contribution in [0, 0.1) is 12.3 Å². The predicted molar refractivity (Wildman–Crippen MR) is 76.3 cm³/mol. The number of benzene rings is 1. The number of hydrogen-bond acceptors (Lipinski definition) is 2. The van der Waals surface area contributed by atoms with Crippen molar-refractivity contribution in [1.29, 1.82) is 0 Å². The average molecular weight is 243 g/mol. The van der Waals surface area contributed by atoms with Gasteiger partial charge in [-0.1, -0.05) is 12.0 Å². The minimum absolute atomic E-state index is 0.0624. The summed E-state index contributed by atoms with van der Waals surface area (Å²) in [6.45, 7) is 6.32. The van der Waals surface area contributed by atoms with Crippen LogP contribution in [0.3, 0.4) is 0 Å². The van der Waals surface area contributed by atoms with Gasteiger partial charge in [-0.25, -0.2) is 0 Å². The van der Waals surface area contributed by atoms with Crippen LogP contribution in [0.2, 0.25) is 0 Å². The standard InChI is InChI=1S/C16H21NO/c1-5-16(10-11-16)14-9-8-13(12-15(14)18-4)17(6-2)7-3/h1,8-9,12H,6-7,10-11H2,2-4H3. The zero-order chi connectivity index (χ0) is 13.2. The third-order valence-electron chi connectivity index (χ3n) is 3.86. The van der Waals surface area contributed by atoms with E-state index in [0.29, 0.717) is 0 Å². The molecule has 0 amide bonds. The van der Waals surface area contributed by atoms with Gasteiger partial charge in [0, 0.05) is 30.4 Å². The van der Waals surface area contributed by atoms with Crippen LogP contribution in [-0.4, -0.2) is 20.2 Å². The average Bonchev–Trinajstić information content (AvgIpc) is 3.21. The van der Waals surface area contributed by atoms with Gasteiger partial charge in [-0.3, -0.25) is 0 Å². The van der Waals surface area contributed by atoms with Gasteiger partial charge in [0.05, 0.1) is 12.5 Å². The summed E-state index contributed by atoms with van der Waals surface area (Å²) in [6.07, 6.45) is 7.81. The molecule has 0 aromatic heterocycles. The topological polar surface area (TPSA) is 12.5 Å². The van der Waals surface area contributed by atoms with E-state index in [9.17, 15) is 0 Å². The van der Waals surface area contributed by atoms with Crippen LogP contribution >= 0.6 is 0 Å². The maximum Gasteiger partial charge on any atom is 0.125 e. The lowest BCUT2D eigenvalue weighted by molar-refractivity contribution is 0.407. The Kier molecular flexibility index (Phi) is 3.52. The van der Waals surface area contributed by atoms with Gasteiger partial charge in [-0.05, 0) is 32.8 Å². The van der Waals surface area contributed by atoms with Crippen LogP contribution in [0.25, 0.3) is 0 Å². The SMILES string of the molecule is C#CC1(c2ccc(N(CC)CC)cc2OC)CC1. The molecule has 0 atom stereocenters. The summed E-state index contributed by atoms with van der Waals surface area (Å²) >= 11 is 0. The molecule has 0 heterocycles. The van der Waals surface area contributed by atoms with Gasteiger partial charge in [-0.15, -0.1) is 6.42 Å². The highest BCUT2D eigenvalue weighted by atomic mass is 16.5. The molecule has 1 aliphatic rings. The summed E-state index contributed by atoms with van der Waals surface area (Å²) in [5.74, 6) is 3.85. The van der Waals surface area contributed by atoms with Gasteiger partial charge in [-0.2, -0.15) is 0 Å². The molecule has 0 radical (unpaired) electrons. The fraction of sp³-hybridized carbons (Fsp3) is 0.500. The van der Waals surface area contributed by atoms with Crippen molar-refractivity contribution in [2.24, 2.45) is 0 Å². The smallest absolute Gasteiger partial charge is 0.125 e. The molecular formula is C16H21NO. The van der Waals surface area contributed by atoms with Crippen molar-refractivity contribution in [3.8, 4) is 18.1 Å². The Morgan fingerprint density at radius 3 is 2.44 bits per heavy atom. The first-order valence-corrected chi connectivity index (χ1v) is 6.62. The van der Waals surface area contributed by atoms with E-state index in [1.807, 2.05) is 0 Å². The number of nitrogens with zero attached hydrogens (tertiary/aromatic N) is 1. The minimum Gasteiger partial charge on any atom is -0.496 e. The van der Waals surface area contributed by atoms with Crippen LogP contribution < -0.4 is 9.64 Å². The molecule has 0 saturated heterocycles. The third-order valence-corrected chi connectivity index (χ3v) is 3.86. The number of anilines is 1. The van der Waals surface area contributed by atoms with E-state index in [2.05, 4.69) is 42.9 Å². The highest BCUT2D eigenvalue weighted by Gasteiger charge is 2.44. The Labute approximate surface area is 110 Å². The number of terminal acetylenes is 1. The molecule has 0 bridgehead atoms. The molecule has 1 aromatic carbocycles. The van der Waals surface area contributed by atoms with Gasteiger partial charge >= 0.3 is 0 Å². The van der Waals surface area contributed by atoms with E-state index >= 15 is 0 Å². The highest BCUT2D eigenvalue weighted by molar-refractivity contribution is 5.58. The monoisotopic (exact) mass is 243 g/mol. The van der Waals surface area contributed by atoms with Crippen LogP contribution in [0.1, 0.15) is 32.3 Å². The predicted octanol–water partition coefficient (Wildman–Crippen LogP) is 3.21. The lowest BCUT2D eigenvalue weighted by Crippen LogP contribution is -2.22. The van der Waals surface area contributed by atoms with Gasteiger partial charge in [0.25, 0.3) is 0 Å². The summed E-state index contributed by atoms with van der Waals surface area (Å²) in [6, 6.07) is 6.40. The van der Waals surface area contributed by atoms with Crippen molar-refractivity contribution >= 4 is 5.69 Å². The molecule has 1 aliphatic carbocycles. The van der Waals surface area contributed by atoms with E-state index in [1.54, 1.807) is 7.11 Å². The first-order chi connectivity index (χ1) is 8.70. The Morgan fingerprint density at radius 1 is 1.33 bits per heavy atom. The molecule has 0 N–H and O–H groups in total. The first-order valence-electron chi connectivity index (χ1n) is 6.62. The van der Waals surface area contributed by atoms with Crippen molar-refractivity contribution in [2.75, 3.05) is 25.1 Å². The van der Waals surface area contributed by atoms with E-state index < -0.39 is 0 Å². The molecule has 18 heavy (non-hydrogen) atoms. The maximum atomic E-state index is 5.66. The molecule has 96 valence electrons. The Morgan fingerprint density at radius 2 is 2.00 bits per heavy atom. The van der Waals surface area contributed by atoms with E-state index in [-0.39, 0.29) is 5.41 Å². The molecule has 0 spiro atoms. The molecular weight excluding hydrogens is 222 g/mol. The summed E-state index contributed by atoms with van der Waals surface area (Å²) in [7, 11) is 1.72. The van der Waals surface area contributed by atoms with E-state index in [4.69, 9.17) is 11.2 Å². The van der Waals surface area contributed by atoms with Crippen molar-refractivity contribution < 1.29 is 4.74 Å². The fourth-order valence-corrected chi connectivity index (χ4v) is 2.48. The summed E-state index contributed by atoms with van der Waals surface area (Å²) < 4.78 is 5.53. The van der Waals surface area contributed by atoms with Crippen LogP contribution in [0.15, 0.2) is 18.2 Å². The molecule has 0 unspecified atom stereocenters. The van der Waals surface area contributed by atoms with Crippen molar-refractivity contribution in [3.05, 3.63) is 23.8 Å². The summed E-state index contributed by atoms with van der Waals surface area (Å²) in [5.41, 5.74) is 2.31. The summed E-state index contributed by atoms with van der Waals surface area (Å²) in [5, 5.41) is 0. The lowest BCUT2D eigenvalue weighted by atomic mass is 9.95. The molecule has 2 nitrogen and oxygen atoms in total. The minimum atomic E-state index is -0.0624. The fourth-order valence-electron chi connectivity index (χ4n) is 2.48. The molecule has 1 saturated carbocycles. The highest BCUT2D eigenvalue weighted by Crippen LogP contribution is 2.51. The maximum absolute atomic E-state index is 5.66. The quantitative estimate of drug-likeness (QED) is 0.736. The molecule has 2 rings (SSSR count). The summed E-state index contributed by atoms with van der Waals surface area (Å²) in [4.78, 5) is 2.31. The lowest BCUT2D eigenvalue weighted by Gasteiger charge is -2.23. The Bertz CT molecular complexity index is 464. The molecule has 2 heteroatoms. The largest absolute Gasteiger partial charge is 0.496 e. The zero-order valence-electron chi connectivity index (χ0n) is 11.5. The van der Waals surface area contributed by atoms with E-state index in [1.165, 1.54) is 11.3 Å². The Balaban J connectivity index is 2.38.